The molecular weight excluding hydrogens is 244 g/mol. The average molecular weight is 270 g/mol. The van der Waals surface area contributed by atoms with Gasteiger partial charge < -0.3 is 25.4 Å². The van der Waals surface area contributed by atoms with Crippen LogP contribution < -0.4 is 5.73 Å². The molecule has 0 radical (unpaired) electrons. The fraction of sp³-hybridized carbons (Fsp3) is 0.923. The summed E-state index contributed by atoms with van der Waals surface area (Å²) in [6.07, 6.45) is 2.74. The van der Waals surface area contributed by atoms with Crippen LogP contribution in [-0.4, -0.2) is 79.5 Å². The van der Waals surface area contributed by atoms with Gasteiger partial charge in [-0.05, 0) is 25.8 Å². The van der Waals surface area contributed by atoms with Gasteiger partial charge in [-0.15, -0.1) is 0 Å². The van der Waals surface area contributed by atoms with Crippen molar-refractivity contribution >= 4 is 5.96 Å². The number of aliphatic hydroxyl groups excluding tert-OH is 1. The van der Waals surface area contributed by atoms with Crippen LogP contribution in [-0.2, 0) is 4.74 Å². The summed E-state index contributed by atoms with van der Waals surface area (Å²) in [4.78, 5) is 8.92. The van der Waals surface area contributed by atoms with Crippen molar-refractivity contribution in [2.75, 3.05) is 52.5 Å². The zero-order valence-electron chi connectivity index (χ0n) is 11.6. The van der Waals surface area contributed by atoms with E-state index in [2.05, 4.69) is 14.8 Å². The molecule has 0 aliphatic carbocycles. The van der Waals surface area contributed by atoms with E-state index in [1.165, 1.54) is 0 Å². The minimum Gasteiger partial charge on any atom is -0.393 e. The molecule has 6 heteroatoms. The lowest BCUT2D eigenvalue weighted by Gasteiger charge is -2.29. The molecule has 2 saturated heterocycles. The van der Waals surface area contributed by atoms with Crippen LogP contribution in [0.3, 0.4) is 0 Å². The van der Waals surface area contributed by atoms with Gasteiger partial charge >= 0.3 is 0 Å². The standard InChI is InChI=1S/C13H26N4O2/c14-13(17-8-10-19-11-9-17)15-4-1-5-16-6-2-12(18)3-7-16/h12,18H,1-11H2,(H2,14,15). The third-order valence-corrected chi connectivity index (χ3v) is 3.80. The first kappa shape index (κ1) is 14.6. The van der Waals surface area contributed by atoms with Gasteiger partial charge in [0.05, 0.1) is 19.3 Å². The maximum Gasteiger partial charge on any atom is 0.191 e. The van der Waals surface area contributed by atoms with Gasteiger partial charge in [-0.3, -0.25) is 4.99 Å². The lowest BCUT2D eigenvalue weighted by Crippen LogP contribution is -2.45. The highest BCUT2D eigenvalue weighted by Gasteiger charge is 2.16. The summed E-state index contributed by atoms with van der Waals surface area (Å²) in [5.41, 5.74) is 5.96. The second-order valence-corrected chi connectivity index (χ2v) is 5.27. The van der Waals surface area contributed by atoms with Crippen molar-refractivity contribution in [3.05, 3.63) is 0 Å². The summed E-state index contributed by atoms with van der Waals surface area (Å²) in [7, 11) is 0. The molecular formula is C13H26N4O2. The molecule has 2 rings (SSSR count). The number of piperidine rings is 1. The van der Waals surface area contributed by atoms with Crippen molar-refractivity contribution in [3.8, 4) is 0 Å². The first-order valence-corrected chi connectivity index (χ1v) is 7.29. The fourth-order valence-electron chi connectivity index (χ4n) is 2.52. The minimum absolute atomic E-state index is 0.0914. The number of aliphatic imine (C=N–C) groups is 1. The number of hydrogen-bond donors (Lipinski definition) is 2. The van der Waals surface area contributed by atoms with E-state index in [1.807, 2.05) is 0 Å². The van der Waals surface area contributed by atoms with Crippen LogP contribution in [0.4, 0.5) is 0 Å². The third-order valence-electron chi connectivity index (χ3n) is 3.80. The number of morpholine rings is 1. The van der Waals surface area contributed by atoms with Crippen molar-refractivity contribution in [1.29, 1.82) is 0 Å². The lowest BCUT2D eigenvalue weighted by atomic mass is 10.1. The Hall–Kier alpha value is -0.850. The van der Waals surface area contributed by atoms with E-state index in [4.69, 9.17) is 10.5 Å². The Balaban J connectivity index is 1.60. The predicted molar refractivity (Wildman–Crippen MR) is 75.2 cm³/mol. The van der Waals surface area contributed by atoms with Crippen LogP contribution in [0.2, 0.25) is 0 Å². The Kier molecular flexibility index (Phi) is 5.88. The van der Waals surface area contributed by atoms with E-state index in [0.717, 1.165) is 71.7 Å². The van der Waals surface area contributed by atoms with Crippen LogP contribution in [0.15, 0.2) is 4.99 Å². The largest absolute Gasteiger partial charge is 0.393 e. The highest BCUT2D eigenvalue weighted by atomic mass is 16.5. The first-order valence-electron chi connectivity index (χ1n) is 7.29. The minimum atomic E-state index is -0.0914. The number of guanidine groups is 1. The molecule has 0 saturated carbocycles. The molecule has 0 aromatic carbocycles. The second-order valence-electron chi connectivity index (χ2n) is 5.27. The van der Waals surface area contributed by atoms with Gasteiger partial charge in [0.15, 0.2) is 5.96 Å². The van der Waals surface area contributed by atoms with Crippen molar-refractivity contribution in [2.45, 2.75) is 25.4 Å². The van der Waals surface area contributed by atoms with E-state index in [9.17, 15) is 5.11 Å². The lowest BCUT2D eigenvalue weighted by molar-refractivity contribution is 0.0673. The summed E-state index contributed by atoms with van der Waals surface area (Å²) < 4.78 is 5.28. The van der Waals surface area contributed by atoms with E-state index < -0.39 is 0 Å². The van der Waals surface area contributed by atoms with Gasteiger partial charge in [0.2, 0.25) is 0 Å². The van der Waals surface area contributed by atoms with Gasteiger partial charge in [0.25, 0.3) is 0 Å². The number of hydrogen-bond acceptors (Lipinski definition) is 4. The molecule has 19 heavy (non-hydrogen) atoms. The quantitative estimate of drug-likeness (QED) is 0.408. The zero-order chi connectivity index (χ0) is 13.5. The zero-order valence-corrected chi connectivity index (χ0v) is 11.6. The smallest absolute Gasteiger partial charge is 0.191 e. The Morgan fingerprint density at radius 1 is 1.21 bits per heavy atom. The molecule has 2 fully saturated rings. The Bertz CT molecular complexity index is 284. The first-order chi connectivity index (χ1) is 9.25. The topological polar surface area (TPSA) is 74.3 Å². The molecule has 0 spiro atoms. The predicted octanol–water partition coefficient (Wildman–Crippen LogP) is -0.520. The molecule has 2 aliphatic rings. The number of likely N-dealkylation sites (tertiary alicyclic amines) is 1. The van der Waals surface area contributed by atoms with Crippen LogP contribution >= 0.6 is 0 Å². The van der Waals surface area contributed by atoms with Gasteiger partial charge in [-0.2, -0.15) is 0 Å². The monoisotopic (exact) mass is 270 g/mol. The number of aliphatic hydroxyl groups is 1. The molecule has 0 aromatic rings. The van der Waals surface area contributed by atoms with E-state index >= 15 is 0 Å². The van der Waals surface area contributed by atoms with Gasteiger partial charge in [0.1, 0.15) is 0 Å². The van der Waals surface area contributed by atoms with Crippen molar-refractivity contribution in [1.82, 2.24) is 9.80 Å². The van der Waals surface area contributed by atoms with Gasteiger partial charge in [-0.25, -0.2) is 0 Å². The highest BCUT2D eigenvalue weighted by Crippen LogP contribution is 2.09. The maximum atomic E-state index is 9.43. The second kappa shape index (κ2) is 7.67. The molecule has 2 heterocycles. The Morgan fingerprint density at radius 3 is 2.58 bits per heavy atom. The van der Waals surface area contributed by atoms with Crippen molar-refractivity contribution in [2.24, 2.45) is 10.7 Å². The van der Waals surface area contributed by atoms with Crippen LogP contribution in [0.5, 0.6) is 0 Å². The van der Waals surface area contributed by atoms with Gasteiger partial charge in [0, 0.05) is 32.7 Å². The number of rotatable bonds is 4. The summed E-state index contributed by atoms with van der Waals surface area (Å²) in [6, 6.07) is 0. The molecule has 0 unspecified atom stereocenters. The number of ether oxygens (including phenoxy) is 1. The van der Waals surface area contributed by atoms with Crippen LogP contribution in [0, 0.1) is 0 Å². The van der Waals surface area contributed by atoms with Crippen molar-refractivity contribution < 1.29 is 9.84 Å². The summed E-state index contributed by atoms with van der Waals surface area (Å²) in [5, 5.41) is 9.43. The molecule has 6 nitrogen and oxygen atoms in total. The molecule has 2 aliphatic heterocycles. The van der Waals surface area contributed by atoms with E-state index in [1.54, 1.807) is 0 Å². The summed E-state index contributed by atoms with van der Waals surface area (Å²) in [5.74, 6) is 0.650. The Labute approximate surface area is 115 Å². The maximum absolute atomic E-state index is 9.43. The molecule has 110 valence electrons. The fourth-order valence-corrected chi connectivity index (χ4v) is 2.52. The normalized spacial score (nSPS) is 23.8. The average Bonchev–Trinajstić information content (AvgIpc) is 2.46. The SMILES string of the molecule is NC(=NCCCN1CCC(O)CC1)N1CCOCC1. The molecule has 0 amide bonds. The van der Waals surface area contributed by atoms with E-state index in [0.29, 0.717) is 5.96 Å². The third kappa shape index (κ3) is 4.97. The molecule has 3 N–H and O–H groups in total. The molecule has 0 aromatic heterocycles. The van der Waals surface area contributed by atoms with E-state index in [-0.39, 0.29) is 6.10 Å². The molecule has 0 bridgehead atoms. The number of nitrogens with two attached hydrogens (primary N) is 1. The highest BCUT2D eigenvalue weighted by molar-refractivity contribution is 5.78. The summed E-state index contributed by atoms with van der Waals surface area (Å²) in [6.45, 7) is 7.01. The van der Waals surface area contributed by atoms with Crippen LogP contribution in [0.1, 0.15) is 19.3 Å². The van der Waals surface area contributed by atoms with Crippen molar-refractivity contribution in [3.63, 3.8) is 0 Å². The number of nitrogens with zero attached hydrogens (tertiary/aromatic N) is 3. The van der Waals surface area contributed by atoms with Crippen LogP contribution in [0.25, 0.3) is 0 Å². The Morgan fingerprint density at radius 2 is 1.89 bits per heavy atom. The molecule has 0 atom stereocenters. The van der Waals surface area contributed by atoms with Gasteiger partial charge in [-0.1, -0.05) is 0 Å². The summed E-state index contributed by atoms with van der Waals surface area (Å²) >= 11 is 0.